The topological polar surface area (TPSA) is 87.4 Å². The molecule has 0 amide bonds. The van der Waals surface area contributed by atoms with Crippen LogP contribution >= 0.6 is 0 Å². The van der Waals surface area contributed by atoms with E-state index in [2.05, 4.69) is 0 Å². The van der Waals surface area contributed by atoms with E-state index in [1.165, 1.54) is 28.4 Å². The first-order valence-electron chi connectivity index (χ1n) is 7.03. The fourth-order valence-electron chi connectivity index (χ4n) is 2.71. The van der Waals surface area contributed by atoms with Crippen molar-refractivity contribution >= 4 is 21.9 Å². The zero-order chi connectivity index (χ0) is 17.4. The molecular formula is C17H16O7. The Bertz CT molecular complexity index is 988. The summed E-state index contributed by atoms with van der Waals surface area (Å²) in [4.78, 5) is 12.9. The van der Waals surface area contributed by atoms with Crippen molar-refractivity contribution in [2.75, 3.05) is 28.4 Å². The molecule has 0 fully saturated rings. The Labute approximate surface area is 136 Å². The monoisotopic (exact) mass is 332 g/mol. The first-order valence-corrected chi connectivity index (χ1v) is 7.03. The molecule has 0 aliphatic rings. The van der Waals surface area contributed by atoms with Crippen LogP contribution in [-0.2, 0) is 0 Å². The third-order valence-electron chi connectivity index (χ3n) is 3.78. The first-order chi connectivity index (χ1) is 11.6. The average molecular weight is 332 g/mol. The molecular weight excluding hydrogens is 316 g/mol. The molecule has 7 nitrogen and oxygen atoms in total. The second kappa shape index (κ2) is 5.84. The zero-order valence-corrected chi connectivity index (χ0v) is 13.6. The highest BCUT2D eigenvalue weighted by Crippen LogP contribution is 2.50. The summed E-state index contributed by atoms with van der Waals surface area (Å²) in [6, 6.07) is 4.93. The molecule has 3 aromatic rings. The van der Waals surface area contributed by atoms with Crippen molar-refractivity contribution in [1.29, 1.82) is 0 Å². The Kier molecular flexibility index (Phi) is 3.84. The number of hydrogen-bond donors (Lipinski definition) is 1. The molecule has 2 aromatic carbocycles. The maximum Gasteiger partial charge on any atom is 0.211 e. The van der Waals surface area contributed by atoms with Crippen LogP contribution in [0.4, 0.5) is 0 Å². The fourth-order valence-corrected chi connectivity index (χ4v) is 2.71. The molecule has 1 heterocycles. The fraction of sp³-hybridized carbons (Fsp3) is 0.235. The normalized spacial score (nSPS) is 10.8. The predicted molar refractivity (Wildman–Crippen MR) is 87.9 cm³/mol. The van der Waals surface area contributed by atoms with Crippen LogP contribution in [0.2, 0.25) is 0 Å². The van der Waals surface area contributed by atoms with Gasteiger partial charge in [-0.3, -0.25) is 4.79 Å². The lowest BCUT2D eigenvalue weighted by molar-refractivity contribution is 0.311. The van der Waals surface area contributed by atoms with Gasteiger partial charge >= 0.3 is 0 Å². The van der Waals surface area contributed by atoms with Crippen LogP contribution in [0.1, 0.15) is 0 Å². The number of hydrogen-bond acceptors (Lipinski definition) is 7. The van der Waals surface area contributed by atoms with Gasteiger partial charge in [0, 0.05) is 0 Å². The third kappa shape index (κ3) is 2.01. The summed E-state index contributed by atoms with van der Waals surface area (Å²) in [5.74, 6) is 0.289. The van der Waals surface area contributed by atoms with Crippen LogP contribution in [-0.4, -0.2) is 33.5 Å². The van der Waals surface area contributed by atoms with E-state index in [4.69, 9.17) is 23.4 Å². The second-order valence-corrected chi connectivity index (χ2v) is 4.92. The number of aromatic hydroxyl groups is 1. The van der Waals surface area contributed by atoms with E-state index in [1.807, 2.05) is 0 Å². The van der Waals surface area contributed by atoms with Gasteiger partial charge < -0.3 is 28.5 Å². The number of fused-ring (bicyclic) bond motifs is 2. The summed E-state index contributed by atoms with van der Waals surface area (Å²) in [5, 5.41) is 10.7. The summed E-state index contributed by atoms with van der Waals surface area (Å²) in [6.45, 7) is 0. The number of methoxy groups -OCH3 is 4. The minimum atomic E-state index is -0.429. The summed E-state index contributed by atoms with van der Waals surface area (Å²) in [5.41, 5.74) is -0.126. The number of benzene rings is 2. The average Bonchev–Trinajstić information content (AvgIpc) is 2.60. The van der Waals surface area contributed by atoms with E-state index >= 15 is 0 Å². The van der Waals surface area contributed by atoms with Crippen LogP contribution < -0.4 is 24.4 Å². The van der Waals surface area contributed by atoms with Crippen LogP contribution in [0.3, 0.4) is 0 Å². The van der Waals surface area contributed by atoms with Crippen molar-refractivity contribution in [2.24, 2.45) is 0 Å². The highest BCUT2D eigenvalue weighted by atomic mass is 16.5. The molecule has 0 radical (unpaired) electrons. The van der Waals surface area contributed by atoms with E-state index in [0.717, 1.165) is 0 Å². The molecule has 126 valence electrons. The molecule has 0 bridgehead atoms. The lowest BCUT2D eigenvalue weighted by atomic mass is 10.1. The summed E-state index contributed by atoms with van der Waals surface area (Å²) in [6.07, 6.45) is 0. The molecule has 24 heavy (non-hydrogen) atoms. The molecule has 0 saturated heterocycles. The van der Waals surface area contributed by atoms with E-state index < -0.39 is 5.43 Å². The molecule has 3 rings (SSSR count). The van der Waals surface area contributed by atoms with Crippen molar-refractivity contribution in [1.82, 2.24) is 0 Å². The van der Waals surface area contributed by atoms with Crippen LogP contribution in [0.25, 0.3) is 21.9 Å². The zero-order valence-electron chi connectivity index (χ0n) is 13.6. The number of phenols is 1. The highest BCUT2D eigenvalue weighted by molar-refractivity contribution is 6.00. The van der Waals surface area contributed by atoms with Crippen molar-refractivity contribution in [3.8, 4) is 28.7 Å². The van der Waals surface area contributed by atoms with Gasteiger partial charge in [0.2, 0.25) is 22.7 Å². The Hall–Kier alpha value is -3.09. The van der Waals surface area contributed by atoms with Gasteiger partial charge in [-0.2, -0.15) is 0 Å². The molecule has 0 atom stereocenters. The molecule has 1 aromatic heterocycles. The standard InChI is InChI=1S/C17H16O7/c1-20-9-7-5-6-8-11(18)10-12(19)15(21-2)17(23-4)16(22-3)14(10)24-13(8)9/h5-7,19H,1-4H3. The summed E-state index contributed by atoms with van der Waals surface area (Å²) in [7, 11) is 5.63. The van der Waals surface area contributed by atoms with Gasteiger partial charge in [-0.1, -0.05) is 6.07 Å². The lowest BCUT2D eigenvalue weighted by Crippen LogP contribution is -2.06. The van der Waals surface area contributed by atoms with Crippen LogP contribution in [0, 0.1) is 0 Å². The van der Waals surface area contributed by atoms with E-state index in [9.17, 15) is 9.90 Å². The quantitative estimate of drug-likeness (QED) is 0.735. The van der Waals surface area contributed by atoms with Gasteiger partial charge in [0.1, 0.15) is 5.39 Å². The van der Waals surface area contributed by atoms with Crippen LogP contribution in [0.5, 0.6) is 28.7 Å². The minimum Gasteiger partial charge on any atom is -0.504 e. The lowest BCUT2D eigenvalue weighted by Gasteiger charge is -2.16. The molecule has 0 aliphatic heterocycles. The highest BCUT2D eigenvalue weighted by Gasteiger charge is 2.27. The maximum atomic E-state index is 12.9. The van der Waals surface area contributed by atoms with Gasteiger partial charge in [0.25, 0.3) is 0 Å². The van der Waals surface area contributed by atoms with Crippen molar-refractivity contribution in [3.63, 3.8) is 0 Å². The molecule has 0 unspecified atom stereocenters. The minimum absolute atomic E-state index is 0.00334. The Morgan fingerprint density at radius 1 is 0.875 bits per heavy atom. The summed E-state index contributed by atoms with van der Waals surface area (Å²) < 4.78 is 26.8. The molecule has 7 heteroatoms. The first kappa shape index (κ1) is 15.8. The van der Waals surface area contributed by atoms with Gasteiger partial charge in [0.05, 0.1) is 33.8 Å². The second-order valence-electron chi connectivity index (χ2n) is 4.92. The largest absolute Gasteiger partial charge is 0.504 e. The number of rotatable bonds is 4. The SMILES string of the molecule is COc1c(OC)c(O)c2c(=O)c3cccc(OC)c3oc2c1OC. The van der Waals surface area contributed by atoms with Gasteiger partial charge in [0.15, 0.2) is 22.7 Å². The Morgan fingerprint density at radius 2 is 1.54 bits per heavy atom. The van der Waals surface area contributed by atoms with Crippen molar-refractivity contribution in [3.05, 3.63) is 28.4 Å². The van der Waals surface area contributed by atoms with Crippen molar-refractivity contribution < 1.29 is 28.5 Å². The van der Waals surface area contributed by atoms with Gasteiger partial charge in [-0.05, 0) is 12.1 Å². The third-order valence-corrected chi connectivity index (χ3v) is 3.78. The molecule has 0 saturated carbocycles. The smallest absolute Gasteiger partial charge is 0.211 e. The molecule has 0 aliphatic carbocycles. The Morgan fingerprint density at radius 3 is 2.12 bits per heavy atom. The van der Waals surface area contributed by atoms with Crippen molar-refractivity contribution in [2.45, 2.75) is 0 Å². The van der Waals surface area contributed by atoms with E-state index in [1.54, 1.807) is 18.2 Å². The number of phenolic OH excluding ortho intramolecular Hbond substituents is 1. The maximum absolute atomic E-state index is 12.9. The van der Waals surface area contributed by atoms with Gasteiger partial charge in [-0.25, -0.2) is 0 Å². The van der Waals surface area contributed by atoms with Crippen LogP contribution in [0.15, 0.2) is 27.4 Å². The Balaban J connectivity index is 2.64. The number of ether oxygens (including phenoxy) is 4. The molecule has 0 spiro atoms. The van der Waals surface area contributed by atoms with E-state index in [0.29, 0.717) is 5.75 Å². The predicted octanol–water partition coefficient (Wildman–Crippen LogP) is 2.69. The van der Waals surface area contributed by atoms with E-state index in [-0.39, 0.29) is 44.9 Å². The summed E-state index contributed by atoms with van der Waals surface area (Å²) >= 11 is 0. The van der Waals surface area contributed by atoms with Gasteiger partial charge in [-0.15, -0.1) is 0 Å². The number of para-hydroxylation sites is 1. The molecule has 1 N–H and O–H groups in total.